The summed E-state index contributed by atoms with van der Waals surface area (Å²) in [6.45, 7) is 2.50. The molecule has 0 aliphatic carbocycles. The van der Waals surface area contributed by atoms with Gasteiger partial charge in [-0.15, -0.1) is 0 Å². The second-order valence-corrected chi connectivity index (χ2v) is 7.09. The van der Waals surface area contributed by atoms with Gasteiger partial charge < -0.3 is 20.5 Å². The number of nitrogens with two attached hydrogens (primary N) is 1. The van der Waals surface area contributed by atoms with Gasteiger partial charge in [0.25, 0.3) is 11.9 Å². The predicted octanol–water partition coefficient (Wildman–Crippen LogP) is 1.92. The van der Waals surface area contributed by atoms with E-state index in [-0.39, 0.29) is 29.3 Å². The van der Waals surface area contributed by atoms with Crippen molar-refractivity contribution >= 4 is 17.6 Å². The Bertz CT molecular complexity index is 1030. The van der Waals surface area contributed by atoms with Crippen LogP contribution in [0.3, 0.4) is 0 Å². The molecule has 0 bridgehead atoms. The lowest BCUT2D eigenvalue weighted by Gasteiger charge is -2.38. The Balaban J connectivity index is 1.65. The van der Waals surface area contributed by atoms with Crippen LogP contribution in [0.5, 0.6) is 0 Å². The molecule has 0 saturated carbocycles. The van der Waals surface area contributed by atoms with Gasteiger partial charge in [-0.3, -0.25) is 4.79 Å². The zero-order chi connectivity index (χ0) is 20.6. The van der Waals surface area contributed by atoms with Gasteiger partial charge in [-0.05, 0) is 37.3 Å². The third-order valence-corrected chi connectivity index (χ3v) is 5.26. The van der Waals surface area contributed by atoms with Crippen molar-refractivity contribution < 1.29 is 18.7 Å². The number of carbonyl (C=O) groups excluding carboxylic acids is 1. The van der Waals surface area contributed by atoms with E-state index in [1.54, 1.807) is 6.92 Å². The molecule has 1 aromatic carbocycles. The quantitative estimate of drug-likeness (QED) is 0.819. The minimum absolute atomic E-state index is 0.0186. The lowest BCUT2D eigenvalue weighted by molar-refractivity contribution is 0.0817. The maximum absolute atomic E-state index is 14.8. The zero-order valence-electron chi connectivity index (χ0n) is 15.6. The van der Waals surface area contributed by atoms with Gasteiger partial charge in [0.1, 0.15) is 23.7 Å². The van der Waals surface area contributed by atoms with Crippen LogP contribution >= 0.6 is 0 Å². The molecular formula is C20H18FN5O3. The summed E-state index contributed by atoms with van der Waals surface area (Å²) >= 11 is 0. The van der Waals surface area contributed by atoms with Gasteiger partial charge in [-0.25, -0.2) is 14.4 Å². The highest BCUT2D eigenvalue weighted by molar-refractivity contribution is 6.02. The van der Waals surface area contributed by atoms with E-state index < -0.39 is 17.3 Å². The molecule has 4 rings (SSSR count). The number of benzene rings is 1. The van der Waals surface area contributed by atoms with Crippen LogP contribution in [0.2, 0.25) is 0 Å². The Morgan fingerprint density at radius 2 is 2.21 bits per heavy atom. The second-order valence-electron chi connectivity index (χ2n) is 7.09. The van der Waals surface area contributed by atoms with E-state index in [1.165, 1.54) is 36.5 Å². The van der Waals surface area contributed by atoms with E-state index in [2.05, 4.69) is 15.3 Å². The van der Waals surface area contributed by atoms with E-state index in [1.807, 2.05) is 6.07 Å². The van der Waals surface area contributed by atoms with Crippen molar-refractivity contribution in [3.63, 3.8) is 0 Å². The average molecular weight is 395 g/mol. The number of pyridine rings is 1. The van der Waals surface area contributed by atoms with Crippen LogP contribution in [0.15, 0.2) is 41.5 Å². The SMILES string of the molecule is C[C@]1(c2cc(NC(=O)c3ccc(C#N)cn3)ccc2F)N=C(N)O[C@@H]2COC[C@@H]21. The van der Waals surface area contributed by atoms with Gasteiger partial charge in [0, 0.05) is 17.4 Å². The number of aromatic nitrogens is 1. The molecule has 0 unspecified atom stereocenters. The molecule has 8 nitrogen and oxygen atoms in total. The number of nitrogens with zero attached hydrogens (tertiary/aromatic N) is 3. The molecule has 1 amide bonds. The summed E-state index contributed by atoms with van der Waals surface area (Å²) in [5.41, 5.74) is 5.98. The number of ether oxygens (including phenoxy) is 2. The Morgan fingerprint density at radius 3 is 2.93 bits per heavy atom. The number of nitrogens with one attached hydrogen (secondary N) is 1. The molecule has 2 aliphatic rings. The number of fused-ring (bicyclic) bond motifs is 1. The lowest BCUT2D eigenvalue weighted by atomic mass is 9.77. The Kier molecular flexibility index (Phi) is 4.64. The molecule has 29 heavy (non-hydrogen) atoms. The standard InChI is InChI=1S/C20H18FN5O3/c1-20(14-9-28-10-17(14)29-19(23)26-20)13-6-12(3-4-15(13)21)25-18(27)16-5-2-11(7-22)8-24-16/h2-6,8,14,17H,9-10H2,1H3,(H2,23,26)(H,25,27)/t14-,17+,20+/m0/s1. The molecular weight excluding hydrogens is 377 g/mol. The largest absolute Gasteiger partial charge is 0.459 e. The van der Waals surface area contributed by atoms with Gasteiger partial charge in [0.15, 0.2) is 0 Å². The number of anilines is 1. The van der Waals surface area contributed by atoms with Crippen molar-refractivity contribution in [2.45, 2.75) is 18.6 Å². The van der Waals surface area contributed by atoms with Gasteiger partial charge in [0.2, 0.25) is 0 Å². The fourth-order valence-electron chi connectivity index (χ4n) is 3.71. The summed E-state index contributed by atoms with van der Waals surface area (Å²) in [5.74, 6) is -1.16. The van der Waals surface area contributed by atoms with Gasteiger partial charge in [-0.1, -0.05) is 0 Å². The van der Waals surface area contributed by atoms with Gasteiger partial charge >= 0.3 is 0 Å². The first-order valence-corrected chi connectivity index (χ1v) is 8.98. The minimum Gasteiger partial charge on any atom is -0.459 e. The fourth-order valence-corrected chi connectivity index (χ4v) is 3.71. The molecule has 1 saturated heterocycles. The molecule has 0 spiro atoms. The van der Waals surface area contributed by atoms with E-state index in [0.29, 0.717) is 24.5 Å². The summed E-state index contributed by atoms with van der Waals surface area (Å²) in [6, 6.07) is 9.13. The number of hydrogen-bond donors (Lipinski definition) is 2. The molecule has 0 radical (unpaired) electrons. The number of nitriles is 1. The number of aliphatic imine (C=N–C) groups is 1. The van der Waals surface area contributed by atoms with Crippen LogP contribution < -0.4 is 11.1 Å². The molecule has 3 N–H and O–H groups in total. The van der Waals surface area contributed by atoms with Crippen molar-refractivity contribution in [2.24, 2.45) is 16.6 Å². The minimum atomic E-state index is -0.999. The summed E-state index contributed by atoms with van der Waals surface area (Å²) in [6.07, 6.45) is 1.00. The highest BCUT2D eigenvalue weighted by atomic mass is 19.1. The normalized spacial score (nSPS) is 25.3. The number of amides is 1. The van der Waals surface area contributed by atoms with Crippen LogP contribution in [0.25, 0.3) is 0 Å². The molecule has 3 heterocycles. The highest BCUT2D eigenvalue weighted by Crippen LogP contribution is 2.43. The second kappa shape index (κ2) is 7.14. The van der Waals surface area contributed by atoms with Crippen LogP contribution in [0.1, 0.15) is 28.5 Å². The van der Waals surface area contributed by atoms with Gasteiger partial charge in [0.05, 0.1) is 30.2 Å². The van der Waals surface area contributed by atoms with Crippen molar-refractivity contribution in [1.82, 2.24) is 4.98 Å². The monoisotopic (exact) mass is 395 g/mol. The number of amidine groups is 1. The molecule has 3 atom stereocenters. The number of carbonyl (C=O) groups is 1. The van der Waals surface area contributed by atoms with Crippen LogP contribution in [0, 0.1) is 23.1 Å². The fraction of sp³-hybridized carbons (Fsp3) is 0.300. The van der Waals surface area contributed by atoms with Gasteiger partial charge in [-0.2, -0.15) is 5.26 Å². The number of halogens is 1. The Hall–Kier alpha value is -3.51. The number of hydrogen-bond acceptors (Lipinski definition) is 7. The molecule has 2 aliphatic heterocycles. The molecule has 2 aromatic rings. The smallest absolute Gasteiger partial charge is 0.283 e. The van der Waals surface area contributed by atoms with Crippen molar-refractivity contribution in [1.29, 1.82) is 5.26 Å². The van der Waals surface area contributed by atoms with E-state index >= 15 is 0 Å². The topological polar surface area (TPSA) is 123 Å². The molecule has 1 aromatic heterocycles. The summed E-state index contributed by atoms with van der Waals surface area (Å²) in [7, 11) is 0. The third-order valence-electron chi connectivity index (χ3n) is 5.26. The Labute approximate surface area is 166 Å². The Morgan fingerprint density at radius 1 is 1.38 bits per heavy atom. The number of rotatable bonds is 3. The van der Waals surface area contributed by atoms with Crippen molar-refractivity contribution in [3.8, 4) is 6.07 Å². The first-order valence-electron chi connectivity index (χ1n) is 8.98. The van der Waals surface area contributed by atoms with Crippen LogP contribution in [-0.2, 0) is 15.0 Å². The summed E-state index contributed by atoms with van der Waals surface area (Å²) in [4.78, 5) is 20.8. The maximum Gasteiger partial charge on any atom is 0.283 e. The zero-order valence-corrected chi connectivity index (χ0v) is 15.6. The van der Waals surface area contributed by atoms with Crippen LogP contribution in [0.4, 0.5) is 10.1 Å². The molecule has 1 fully saturated rings. The van der Waals surface area contributed by atoms with Crippen molar-refractivity contribution in [2.75, 3.05) is 18.5 Å². The lowest BCUT2D eigenvalue weighted by Crippen LogP contribution is -2.47. The summed E-state index contributed by atoms with van der Waals surface area (Å²) < 4.78 is 25.8. The molecule has 148 valence electrons. The van der Waals surface area contributed by atoms with E-state index in [0.717, 1.165) is 0 Å². The first kappa shape index (κ1) is 18.8. The van der Waals surface area contributed by atoms with Crippen molar-refractivity contribution in [3.05, 3.63) is 59.2 Å². The highest BCUT2D eigenvalue weighted by Gasteiger charge is 2.50. The average Bonchev–Trinajstić information content (AvgIpc) is 3.18. The maximum atomic E-state index is 14.8. The van der Waals surface area contributed by atoms with E-state index in [4.69, 9.17) is 20.5 Å². The third kappa shape index (κ3) is 3.39. The summed E-state index contributed by atoms with van der Waals surface area (Å²) in [5, 5.41) is 11.5. The first-order chi connectivity index (χ1) is 13.9. The predicted molar refractivity (Wildman–Crippen MR) is 101 cm³/mol. The van der Waals surface area contributed by atoms with Crippen LogP contribution in [-0.4, -0.2) is 36.2 Å². The van der Waals surface area contributed by atoms with E-state index in [9.17, 15) is 9.18 Å². The molecule has 9 heteroatoms.